The minimum atomic E-state index is -0.190. The van der Waals surface area contributed by atoms with Crippen LogP contribution in [0.5, 0.6) is 0 Å². The van der Waals surface area contributed by atoms with Gasteiger partial charge < -0.3 is 10.6 Å². The zero-order valence-electron chi connectivity index (χ0n) is 12.5. The highest BCUT2D eigenvalue weighted by Gasteiger charge is 2.15. The maximum absolute atomic E-state index is 13.6. The van der Waals surface area contributed by atoms with Crippen LogP contribution in [0.4, 0.5) is 4.39 Å². The Morgan fingerprint density at radius 2 is 2.27 bits per heavy atom. The number of hydrogen-bond donors (Lipinski definition) is 2. The van der Waals surface area contributed by atoms with Crippen molar-refractivity contribution < 1.29 is 9.18 Å². The molecule has 2 N–H and O–H groups in total. The number of amides is 1. The minimum Gasteiger partial charge on any atom is -0.356 e. The third-order valence-corrected chi connectivity index (χ3v) is 4.40. The van der Waals surface area contributed by atoms with Crippen molar-refractivity contribution in [3.8, 4) is 0 Å². The molecule has 1 aliphatic heterocycles. The number of aryl methyl sites for hydroxylation is 1. The average molecular weight is 394 g/mol. The van der Waals surface area contributed by atoms with E-state index >= 15 is 0 Å². The monoisotopic (exact) mass is 392 g/mol. The van der Waals surface area contributed by atoms with Crippen LogP contribution >= 0.6 is 28.3 Å². The van der Waals surface area contributed by atoms with E-state index in [1.165, 1.54) is 12.5 Å². The highest BCUT2D eigenvalue weighted by atomic mass is 79.9. The summed E-state index contributed by atoms with van der Waals surface area (Å²) in [4.78, 5) is 11.7. The molecule has 0 saturated carbocycles. The van der Waals surface area contributed by atoms with Crippen LogP contribution < -0.4 is 10.6 Å². The largest absolute Gasteiger partial charge is 0.356 e. The molecule has 0 radical (unpaired) electrons. The molecule has 6 heteroatoms. The Hall–Kier alpha value is -0.650. The van der Waals surface area contributed by atoms with E-state index in [1.807, 2.05) is 6.07 Å². The van der Waals surface area contributed by atoms with Crippen LogP contribution in [0.25, 0.3) is 0 Å². The minimum absolute atomic E-state index is 0. The number of halogens is 3. The fraction of sp³-hybridized carbons (Fsp3) is 0.562. The van der Waals surface area contributed by atoms with Crippen LogP contribution in [0, 0.1) is 11.7 Å². The van der Waals surface area contributed by atoms with Crippen LogP contribution in [0.15, 0.2) is 22.7 Å². The van der Waals surface area contributed by atoms with Crippen molar-refractivity contribution in [1.29, 1.82) is 0 Å². The van der Waals surface area contributed by atoms with E-state index < -0.39 is 0 Å². The SMILES string of the molecule is Cl.O=C(CCC1CCNC1)NCCCc1ccc(Br)cc1F. The van der Waals surface area contributed by atoms with Gasteiger partial charge in [0.05, 0.1) is 0 Å². The number of hydrogen-bond acceptors (Lipinski definition) is 2. The molecule has 0 aliphatic carbocycles. The van der Waals surface area contributed by atoms with E-state index in [-0.39, 0.29) is 24.1 Å². The van der Waals surface area contributed by atoms with Crippen LogP contribution in [-0.4, -0.2) is 25.5 Å². The van der Waals surface area contributed by atoms with Gasteiger partial charge >= 0.3 is 0 Å². The van der Waals surface area contributed by atoms with Crippen LogP contribution in [0.3, 0.4) is 0 Å². The molecular formula is C16H23BrClFN2O. The summed E-state index contributed by atoms with van der Waals surface area (Å²) in [5.74, 6) is 0.565. The Morgan fingerprint density at radius 1 is 1.45 bits per heavy atom. The Bertz CT molecular complexity index is 481. The second-order valence-corrected chi connectivity index (χ2v) is 6.50. The molecule has 124 valence electrons. The molecule has 0 spiro atoms. The van der Waals surface area contributed by atoms with E-state index in [0.717, 1.165) is 30.4 Å². The molecule has 1 unspecified atom stereocenters. The first kappa shape index (κ1) is 19.4. The van der Waals surface area contributed by atoms with Gasteiger partial charge in [-0.25, -0.2) is 4.39 Å². The van der Waals surface area contributed by atoms with Gasteiger partial charge in [-0.05, 0) is 62.4 Å². The first-order valence-electron chi connectivity index (χ1n) is 7.56. The van der Waals surface area contributed by atoms with Crippen molar-refractivity contribution in [2.75, 3.05) is 19.6 Å². The lowest BCUT2D eigenvalue weighted by Gasteiger charge is -2.09. The van der Waals surface area contributed by atoms with Gasteiger partial charge in [-0.15, -0.1) is 12.4 Å². The lowest BCUT2D eigenvalue weighted by atomic mass is 10.0. The highest BCUT2D eigenvalue weighted by molar-refractivity contribution is 9.10. The second kappa shape index (κ2) is 10.2. The number of carbonyl (C=O) groups is 1. The summed E-state index contributed by atoms with van der Waals surface area (Å²) in [7, 11) is 0. The highest BCUT2D eigenvalue weighted by Crippen LogP contribution is 2.16. The molecule has 2 rings (SSSR count). The molecule has 0 aromatic heterocycles. The molecule has 1 aromatic rings. The van der Waals surface area contributed by atoms with Gasteiger partial charge in [-0.2, -0.15) is 0 Å². The van der Waals surface area contributed by atoms with Gasteiger partial charge in [-0.3, -0.25) is 4.79 Å². The maximum Gasteiger partial charge on any atom is 0.220 e. The normalized spacial score (nSPS) is 17.1. The van der Waals surface area contributed by atoms with Crippen molar-refractivity contribution in [3.05, 3.63) is 34.1 Å². The fourth-order valence-corrected chi connectivity index (χ4v) is 2.95. The second-order valence-electron chi connectivity index (χ2n) is 5.59. The van der Waals surface area contributed by atoms with Crippen molar-refractivity contribution in [3.63, 3.8) is 0 Å². The van der Waals surface area contributed by atoms with Crippen molar-refractivity contribution in [2.24, 2.45) is 5.92 Å². The molecule has 22 heavy (non-hydrogen) atoms. The van der Waals surface area contributed by atoms with Gasteiger partial charge in [0.25, 0.3) is 0 Å². The Labute approximate surface area is 146 Å². The first-order chi connectivity index (χ1) is 10.1. The van der Waals surface area contributed by atoms with Gasteiger partial charge in [0.15, 0.2) is 0 Å². The summed E-state index contributed by atoms with van der Waals surface area (Å²) >= 11 is 3.24. The Balaban J connectivity index is 0.00000242. The predicted octanol–water partition coefficient (Wildman–Crippen LogP) is 3.45. The maximum atomic E-state index is 13.6. The molecule has 3 nitrogen and oxygen atoms in total. The molecular weight excluding hydrogens is 371 g/mol. The van der Waals surface area contributed by atoms with Crippen molar-refractivity contribution >= 4 is 34.2 Å². The molecule has 1 heterocycles. The lowest BCUT2D eigenvalue weighted by molar-refractivity contribution is -0.121. The van der Waals surface area contributed by atoms with Crippen LogP contribution in [-0.2, 0) is 11.2 Å². The molecule has 1 atom stereocenters. The lowest BCUT2D eigenvalue weighted by Crippen LogP contribution is -2.25. The van der Waals surface area contributed by atoms with Crippen molar-refractivity contribution in [2.45, 2.75) is 32.1 Å². The zero-order valence-corrected chi connectivity index (χ0v) is 14.9. The molecule has 1 fully saturated rings. The summed E-state index contributed by atoms with van der Waals surface area (Å²) in [6, 6.07) is 5.10. The standard InChI is InChI=1S/C16H22BrFN2O.ClH/c17-14-5-4-13(15(18)10-14)2-1-8-20-16(21)6-3-12-7-9-19-11-12;/h4-5,10,12,19H,1-3,6-9,11H2,(H,20,21);1H. The number of rotatable bonds is 7. The van der Waals surface area contributed by atoms with E-state index in [1.54, 1.807) is 6.07 Å². The molecule has 1 aliphatic rings. The summed E-state index contributed by atoms with van der Waals surface area (Å²) in [6.07, 6.45) is 4.14. The number of nitrogens with one attached hydrogen (secondary N) is 2. The molecule has 1 aromatic carbocycles. The van der Waals surface area contributed by atoms with Gasteiger partial charge in [-0.1, -0.05) is 22.0 Å². The fourth-order valence-electron chi connectivity index (χ4n) is 2.62. The zero-order chi connectivity index (χ0) is 15.1. The summed E-state index contributed by atoms with van der Waals surface area (Å²) in [6.45, 7) is 2.72. The molecule has 0 bridgehead atoms. The van der Waals surface area contributed by atoms with E-state index in [2.05, 4.69) is 26.6 Å². The quantitative estimate of drug-likeness (QED) is 0.697. The van der Waals surface area contributed by atoms with Gasteiger partial charge in [0.2, 0.25) is 5.91 Å². The number of benzene rings is 1. The first-order valence-corrected chi connectivity index (χ1v) is 8.36. The topological polar surface area (TPSA) is 41.1 Å². The van der Waals surface area contributed by atoms with E-state index in [4.69, 9.17) is 0 Å². The predicted molar refractivity (Wildman–Crippen MR) is 92.9 cm³/mol. The van der Waals surface area contributed by atoms with Gasteiger partial charge in [0.1, 0.15) is 5.82 Å². The molecule has 1 amide bonds. The van der Waals surface area contributed by atoms with Gasteiger partial charge in [0, 0.05) is 17.4 Å². The number of carbonyl (C=O) groups excluding carboxylic acids is 1. The van der Waals surface area contributed by atoms with Crippen LogP contribution in [0.2, 0.25) is 0 Å². The van der Waals surface area contributed by atoms with Crippen LogP contribution in [0.1, 0.15) is 31.2 Å². The summed E-state index contributed by atoms with van der Waals surface area (Å²) in [5.41, 5.74) is 0.699. The smallest absolute Gasteiger partial charge is 0.220 e. The van der Waals surface area contributed by atoms with Crippen molar-refractivity contribution in [1.82, 2.24) is 10.6 Å². The third-order valence-electron chi connectivity index (χ3n) is 3.90. The van der Waals surface area contributed by atoms with E-state index in [9.17, 15) is 9.18 Å². The summed E-state index contributed by atoms with van der Waals surface area (Å²) < 4.78 is 14.4. The Kier molecular flexibility index (Phi) is 8.98. The summed E-state index contributed by atoms with van der Waals surface area (Å²) in [5, 5.41) is 6.22. The molecule has 1 saturated heterocycles. The van der Waals surface area contributed by atoms with E-state index in [0.29, 0.717) is 30.9 Å². The Morgan fingerprint density at radius 3 is 2.95 bits per heavy atom. The third kappa shape index (κ3) is 6.63. The average Bonchev–Trinajstić information content (AvgIpc) is 2.96.